The minimum Gasteiger partial charge on any atom is -0.469 e. The van der Waals surface area contributed by atoms with Gasteiger partial charge in [0.1, 0.15) is 0 Å². The molecule has 14 heavy (non-hydrogen) atoms. The monoisotopic (exact) mass is 202 g/mol. The Bertz CT molecular complexity index is 166. The third-order valence-electron chi connectivity index (χ3n) is 2.04. The fourth-order valence-corrected chi connectivity index (χ4v) is 1.31. The summed E-state index contributed by atoms with van der Waals surface area (Å²) >= 11 is 0. The number of carbonyl (C=O) groups excluding carboxylic acids is 1. The van der Waals surface area contributed by atoms with E-state index in [1.807, 2.05) is 13.8 Å². The highest BCUT2D eigenvalue weighted by Gasteiger charge is 2.15. The summed E-state index contributed by atoms with van der Waals surface area (Å²) < 4.78 is 10.1. The van der Waals surface area contributed by atoms with Crippen molar-refractivity contribution >= 4 is 5.97 Å². The Balaban J connectivity index is 3.65. The lowest BCUT2D eigenvalue weighted by Crippen LogP contribution is -2.22. The van der Waals surface area contributed by atoms with Gasteiger partial charge in [-0.3, -0.25) is 4.79 Å². The Morgan fingerprint density at radius 1 is 1.21 bits per heavy atom. The fourth-order valence-electron chi connectivity index (χ4n) is 1.31. The molecule has 0 aliphatic heterocycles. The normalized spacial score (nSPS) is 15.3. The van der Waals surface area contributed by atoms with E-state index >= 15 is 0 Å². The van der Waals surface area contributed by atoms with Crippen molar-refractivity contribution in [3.63, 3.8) is 0 Å². The summed E-state index contributed by atoms with van der Waals surface area (Å²) in [6.07, 6.45) is 1.23. The van der Waals surface area contributed by atoms with Crippen LogP contribution in [0.1, 0.15) is 34.1 Å². The maximum Gasteiger partial charge on any atom is 0.310 e. The van der Waals surface area contributed by atoms with Gasteiger partial charge < -0.3 is 9.47 Å². The van der Waals surface area contributed by atoms with E-state index in [-0.39, 0.29) is 18.0 Å². The highest BCUT2D eigenvalue weighted by atomic mass is 16.5. The number of methoxy groups -OCH3 is 1. The molecule has 0 aromatic heterocycles. The van der Waals surface area contributed by atoms with Crippen LogP contribution in [0.5, 0.6) is 0 Å². The van der Waals surface area contributed by atoms with E-state index in [0.29, 0.717) is 12.5 Å². The van der Waals surface area contributed by atoms with Gasteiger partial charge in [0.25, 0.3) is 0 Å². The molecule has 0 radical (unpaired) electrons. The lowest BCUT2D eigenvalue weighted by atomic mass is 10.1. The second kappa shape index (κ2) is 6.82. The van der Waals surface area contributed by atoms with E-state index in [1.54, 1.807) is 0 Å². The van der Waals surface area contributed by atoms with Gasteiger partial charge in [-0.15, -0.1) is 0 Å². The van der Waals surface area contributed by atoms with Crippen molar-refractivity contribution in [2.24, 2.45) is 11.8 Å². The first-order chi connectivity index (χ1) is 6.47. The first-order valence-electron chi connectivity index (χ1n) is 5.16. The van der Waals surface area contributed by atoms with E-state index < -0.39 is 0 Å². The topological polar surface area (TPSA) is 35.5 Å². The van der Waals surface area contributed by atoms with Crippen molar-refractivity contribution in [3.8, 4) is 0 Å². The summed E-state index contributed by atoms with van der Waals surface area (Å²) in [7, 11) is 1.40. The van der Waals surface area contributed by atoms with Crippen LogP contribution < -0.4 is 0 Å². The third-order valence-corrected chi connectivity index (χ3v) is 2.04. The molecule has 0 fully saturated rings. The van der Waals surface area contributed by atoms with E-state index in [1.165, 1.54) is 7.11 Å². The van der Waals surface area contributed by atoms with Crippen LogP contribution in [0.4, 0.5) is 0 Å². The Kier molecular flexibility index (Phi) is 6.54. The third kappa shape index (κ3) is 5.97. The number of hydrogen-bond acceptors (Lipinski definition) is 3. The highest BCUT2D eigenvalue weighted by Crippen LogP contribution is 2.09. The predicted octanol–water partition coefficient (Wildman–Crippen LogP) is 2.25. The molecule has 0 rings (SSSR count). The molecule has 0 amide bonds. The minimum absolute atomic E-state index is 0.172. The van der Waals surface area contributed by atoms with Gasteiger partial charge in [-0.25, -0.2) is 0 Å². The van der Waals surface area contributed by atoms with Crippen LogP contribution in [-0.2, 0) is 14.3 Å². The molecule has 0 bridgehead atoms. The van der Waals surface area contributed by atoms with Crippen molar-refractivity contribution in [1.29, 1.82) is 0 Å². The predicted molar refractivity (Wildman–Crippen MR) is 56.0 cm³/mol. The van der Waals surface area contributed by atoms with Crippen molar-refractivity contribution < 1.29 is 14.3 Å². The van der Waals surface area contributed by atoms with Crippen LogP contribution in [0.2, 0.25) is 0 Å². The van der Waals surface area contributed by atoms with Gasteiger partial charge in [-0.1, -0.05) is 13.8 Å². The molecule has 0 aromatic rings. The van der Waals surface area contributed by atoms with Crippen molar-refractivity contribution in [2.75, 3.05) is 13.7 Å². The van der Waals surface area contributed by atoms with Crippen LogP contribution in [-0.4, -0.2) is 25.8 Å². The minimum atomic E-state index is -0.207. The Morgan fingerprint density at radius 3 is 2.21 bits per heavy atom. The summed E-state index contributed by atoms with van der Waals surface area (Å²) in [5.74, 6) is 0.245. The average Bonchev–Trinajstić information content (AvgIpc) is 2.11. The molecule has 0 saturated heterocycles. The molecule has 2 atom stereocenters. The highest BCUT2D eigenvalue weighted by molar-refractivity contribution is 5.71. The Hall–Kier alpha value is -0.570. The summed E-state index contributed by atoms with van der Waals surface area (Å²) in [4.78, 5) is 11.0. The molecule has 3 heteroatoms. The molecule has 84 valence electrons. The summed E-state index contributed by atoms with van der Waals surface area (Å²) in [5.41, 5.74) is 0. The molecule has 2 unspecified atom stereocenters. The smallest absolute Gasteiger partial charge is 0.310 e. The van der Waals surface area contributed by atoms with Gasteiger partial charge in [-0.2, -0.15) is 0 Å². The van der Waals surface area contributed by atoms with E-state index in [4.69, 9.17) is 4.74 Å². The Labute approximate surface area is 86.8 Å². The lowest BCUT2D eigenvalue weighted by Gasteiger charge is -2.17. The van der Waals surface area contributed by atoms with Crippen molar-refractivity contribution in [3.05, 3.63) is 0 Å². The summed E-state index contributed by atoms with van der Waals surface area (Å²) in [6.45, 7) is 8.60. The first kappa shape index (κ1) is 13.4. The van der Waals surface area contributed by atoms with Crippen LogP contribution in [0.3, 0.4) is 0 Å². The van der Waals surface area contributed by atoms with Crippen molar-refractivity contribution in [2.45, 2.75) is 40.2 Å². The zero-order valence-electron chi connectivity index (χ0n) is 9.87. The van der Waals surface area contributed by atoms with Crippen molar-refractivity contribution in [1.82, 2.24) is 0 Å². The zero-order valence-corrected chi connectivity index (χ0v) is 9.87. The van der Waals surface area contributed by atoms with Gasteiger partial charge in [0.15, 0.2) is 0 Å². The van der Waals surface area contributed by atoms with E-state index in [0.717, 1.165) is 6.42 Å². The van der Waals surface area contributed by atoms with Gasteiger partial charge in [0.05, 0.1) is 25.7 Å². The largest absolute Gasteiger partial charge is 0.469 e. The molecule has 0 aliphatic rings. The van der Waals surface area contributed by atoms with E-state index in [2.05, 4.69) is 18.6 Å². The zero-order chi connectivity index (χ0) is 11.1. The molecule has 0 heterocycles. The van der Waals surface area contributed by atoms with Crippen LogP contribution in [0.25, 0.3) is 0 Å². The first-order valence-corrected chi connectivity index (χ1v) is 5.16. The van der Waals surface area contributed by atoms with Gasteiger partial charge in [-0.05, 0) is 26.2 Å². The second-order valence-corrected chi connectivity index (χ2v) is 4.20. The summed E-state index contributed by atoms with van der Waals surface area (Å²) in [6, 6.07) is 0. The van der Waals surface area contributed by atoms with Gasteiger partial charge in [0, 0.05) is 0 Å². The second-order valence-electron chi connectivity index (χ2n) is 4.20. The number of hydrogen-bond donors (Lipinski definition) is 0. The molecule has 0 aliphatic carbocycles. The molecular formula is C11H22O3. The van der Waals surface area contributed by atoms with Crippen LogP contribution >= 0.6 is 0 Å². The number of carbonyl (C=O) groups is 1. The lowest BCUT2D eigenvalue weighted by molar-refractivity contribution is -0.147. The average molecular weight is 202 g/mol. The standard InChI is InChI=1S/C11H22O3/c1-8(2)6-10(4)14-7-9(3)11(12)13-5/h8-10H,6-7H2,1-5H3. The summed E-state index contributed by atoms with van der Waals surface area (Å²) in [5, 5.41) is 0. The quantitative estimate of drug-likeness (QED) is 0.620. The van der Waals surface area contributed by atoms with Gasteiger partial charge >= 0.3 is 5.97 Å². The maximum absolute atomic E-state index is 11.0. The molecule has 3 nitrogen and oxygen atoms in total. The number of ether oxygens (including phenoxy) is 2. The number of rotatable bonds is 6. The Morgan fingerprint density at radius 2 is 1.79 bits per heavy atom. The molecule has 0 aromatic carbocycles. The fraction of sp³-hybridized carbons (Fsp3) is 0.909. The van der Waals surface area contributed by atoms with E-state index in [9.17, 15) is 4.79 Å². The molecular weight excluding hydrogens is 180 g/mol. The molecule has 0 saturated carbocycles. The van der Waals surface area contributed by atoms with Gasteiger partial charge in [0.2, 0.25) is 0 Å². The number of esters is 1. The SMILES string of the molecule is COC(=O)C(C)COC(C)CC(C)C. The molecule has 0 spiro atoms. The maximum atomic E-state index is 11.0. The molecule has 0 N–H and O–H groups in total. The van der Waals surface area contributed by atoms with Crippen LogP contribution in [0.15, 0.2) is 0 Å². The van der Waals surface area contributed by atoms with Crippen LogP contribution in [0, 0.1) is 11.8 Å².